The van der Waals surface area contributed by atoms with E-state index in [4.69, 9.17) is 28.9 Å². The van der Waals surface area contributed by atoms with Crippen molar-refractivity contribution in [3.05, 3.63) is 70.3 Å². The van der Waals surface area contributed by atoms with Gasteiger partial charge in [0.1, 0.15) is 5.82 Å². The molecule has 0 aliphatic carbocycles. The van der Waals surface area contributed by atoms with Crippen molar-refractivity contribution in [2.24, 2.45) is 0 Å². The van der Waals surface area contributed by atoms with Crippen molar-refractivity contribution in [2.45, 2.75) is 6.54 Å². The Hall–Kier alpha value is -2.67. The lowest BCUT2D eigenvalue weighted by atomic mass is 10.2. The maximum atomic E-state index is 6.22. The Balaban J connectivity index is 0.00000196. The number of nitrogens with two attached hydrogens (primary N) is 1. The number of aromatic nitrogens is 4. The summed E-state index contributed by atoms with van der Waals surface area (Å²) in [5.41, 5.74) is 8.41. The van der Waals surface area contributed by atoms with Crippen LogP contribution in [0.4, 0.5) is 5.82 Å². The van der Waals surface area contributed by atoms with Gasteiger partial charge in [-0.25, -0.2) is 9.97 Å². The lowest BCUT2D eigenvalue weighted by molar-refractivity contribution is 0.693. The maximum absolute atomic E-state index is 6.22. The Bertz CT molecular complexity index is 1080. The van der Waals surface area contributed by atoms with Crippen LogP contribution in [0.2, 0.25) is 10.0 Å². The average molecular weight is 388 g/mol. The minimum Gasteiger partial charge on any atom is -0.412 e. The van der Waals surface area contributed by atoms with E-state index in [1.165, 1.54) is 0 Å². The summed E-state index contributed by atoms with van der Waals surface area (Å²) >= 11 is 12.3. The van der Waals surface area contributed by atoms with Gasteiger partial charge in [0.05, 0.1) is 11.9 Å². The molecule has 2 heterocycles. The highest BCUT2D eigenvalue weighted by atomic mass is 35.5. The monoisotopic (exact) mass is 387 g/mol. The third kappa shape index (κ3) is 3.48. The third-order valence-electron chi connectivity index (χ3n) is 3.83. The Morgan fingerprint density at radius 3 is 2.58 bits per heavy atom. The zero-order valence-corrected chi connectivity index (χ0v) is 15.0. The number of rotatable bonds is 3. The molecule has 26 heavy (non-hydrogen) atoms. The molecule has 0 radical (unpaired) electrons. The van der Waals surface area contributed by atoms with E-state index in [-0.39, 0.29) is 5.48 Å². The van der Waals surface area contributed by atoms with Crippen molar-refractivity contribution >= 4 is 40.1 Å². The van der Waals surface area contributed by atoms with E-state index in [0.29, 0.717) is 39.3 Å². The lowest BCUT2D eigenvalue weighted by Gasteiger charge is -2.03. The van der Waals surface area contributed by atoms with Gasteiger partial charge in [0.2, 0.25) is 0 Å². The quantitative estimate of drug-likeness (QED) is 0.579. The first-order chi connectivity index (χ1) is 12.1. The molecule has 0 atom stereocenters. The molecule has 0 bridgehead atoms. The highest BCUT2D eigenvalue weighted by Crippen LogP contribution is 2.25. The molecule has 0 fully saturated rings. The van der Waals surface area contributed by atoms with E-state index in [1.54, 1.807) is 16.8 Å². The molecule has 0 unspecified atom stereocenters. The van der Waals surface area contributed by atoms with Crippen molar-refractivity contribution in [1.29, 1.82) is 0 Å². The summed E-state index contributed by atoms with van der Waals surface area (Å²) in [4.78, 5) is 8.90. The Labute approximate surface area is 159 Å². The van der Waals surface area contributed by atoms with Crippen LogP contribution in [0.3, 0.4) is 0 Å². The number of nitrogen functional groups attached to an aromatic ring is 1. The van der Waals surface area contributed by atoms with Gasteiger partial charge in [0.15, 0.2) is 11.5 Å². The van der Waals surface area contributed by atoms with Gasteiger partial charge in [0, 0.05) is 21.8 Å². The maximum Gasteiger partial charge on any atom is 0.186 e. The molecule has 8 heteroatoms. The van der Waals surface area contributed by atoms with Gasteiger partial charge in [-0.2, -0.15) is 5.10 Å². The van der Waals surface area contributed by atoms with Crippen LogP contribution in [0.25, 0.3) is 22.4 Å². The summed E-state index contributed by atoms with van der Waals surface area (Å²) in [5, 5.41) is 6.53. The van der Waals surface area contributed by atoms with Crippen molar-refractivity contribution < 1.29 is 5.48 Å². The summed E-state index contributed by atoms with van der Waals surface area (Å²) in [6, 6.07) is 15.0. The summed E-state index contributed by atoms with van der Waals surface area (Å²) in [5.74, 6) is 0.876. The normalized spacial score (nSPS) is 10.7. The minimum absolute atomic E-state index is 0. The fourth-order valence-corrected chi connectivity index (χ4v) is 3.00. The van der Waals surface area contributed by atoms with Gasteiger partial charge in [-0.1, -0.05) is 53.5 Å². The van der Waals surface area contributed by atoms with Crippen LogP contribution in [0.15, 0.2) is 54.7 Å². The largest absolute Gasteiger partial charge is 0.412 e. The molecule has 4 N–H and O–H groups in total. The number of hydrogen-bond acceptors (Lipinski definition) is 4. The molecule has 4 aromatic rings. The number of benzene rings is 2. The van der Waals surface area contributed by atoms with Crippen molar-refractivity contribution in [1.82, 2.24) is 19.7 Å². The molecule has 0 aliphatic rings. The molecule has 0 saturated heterocycles. The van der Waals surface area contributed by atoms with Crippen LogP contribution in [-0.2, 0) is 6.54 Å². The van der Waals surface area contributed by atoms with Gasteiger partial charge in [-0.05, 0) is 23.8 Å². The van der Waals surface area contributed by atoms with E-state index < -0.39 is 0 Å². The molecular formula is C18H15Cl2N5O. The number of halogens is 2. The second-order valence-electron chi connectivity index (χ2n) is 5.60. The summed E-state index contributed by atoms with van der Waals surface area (Å²) < 4.78 is 1.76. The first-order valence-corrected chi connectivity index (χ1v) is 8.36. The second-order valence-corrected chi connectivity index (χ2v) is 6.44. The first kappa shape index (κ1) is 18.1. The van der Waals surface area contributed by atoms with Gasteiger partial charge in [-0.15, -0.1) is 0 Å². The van der Waals surface area contributed by atoms with Crippen LogP contribution in [0.5, 0.6) is 0 Å². The highest BCUT2D eigenvalue weighted by Gasteiger charge is 2.12. The summed E-state index contributed by atoms with van der Waals surface area (Å²) in [6.07, 6.45) is 1.83. The first-order valence-electron chi connectivity index (χ1n) is 7.60. The zero-order chi connectivity index (χ0) is 17.4. The number of anilines is 1. The predicted octanol–water partition coefficient (Wildman–Crippen LogP) is 3.61. The van der Waals surface area contributed by atoms with E-state index >= 15 is 0 Å². The third-order valence-corrected chi connectivity index (χ3v) is 4.43. The molecule has 132 valence electrons. The Morgan fingerprint density at radius 1 is 1.00 bits per heavy atom. The highest BCUT2D eigenvalue weighted by molar-refractivity contribution is 6.31. The molecule has 0 aliphatic heterocycles. The number of fused-ring (bicyclic) bond motifs is 1. The fraction of sp³-hybridized carbons (Fsp3) is 0.0556. The van der Waals surface area contributed by atoms with E-state index in [2.05, 4.69) is 15.1 Å². The lowest BCUT2D eigenvalue weighted by Crippen LogP contribution is -2.00. The Morgan fingerprint density at radius 2 is 1.81 bits per heavy atom. The molecular weight excluding hydrogens is 373 g/mol. The van der Waals surface area contributed by atoms with Crippen LogP contribution >= 0.6 is 23.2 Å². The molecule has 2 aromatic carbocycles. The van der Waals surface area contributed by atoms with Gasteiger partial charge in [0.25, 0.3) is 0 Å². The van der Waals surface area contributed by atoms with Crippen LogP contribution in [0.1, 0.15) is 5.56 Å². The molecule has 0 spiro atoms. The van der Waals surface area contributed by atoms with Gasteiger partial charge >= 0.3 is 0 Å². The van der Waals surface area contributed by atoms with Crippen molar-refractivity contribution in [3.63, 3.8) is 0 Å². The van der Waals surface area contributed by atoms with E-state index in [9.17, 15) is 0 Å². The van der Waals surface area contributed by atoms with Gasteiger partial charge in [-0.3, -0.25) is 4.68 Å². The molecule has 6 nitrogen and oxygen atoms in total. The molecule has 2 aromatic heterocycles. The SMILES string of the molecule is Nc1nc(-c2cccc(Cl)c2)nc2nn(Cc3ccccc3Cl)cc12.O. The zero-order valence-electron chi connectivity index (χ0n) is 13.5. The predicted molar refractivity (Wildman–Crippen MR) is 104 cm³/mol. The van der Waals surface area contributed by atoms with Crippen molar-refractivity contribution in [3.8, 4) is 11.4 Å². The van der Waals surface area contributed by atoms with E-state index in [0.717, 1.165) is 11.1 Å². The van der Waals surface area contributed by atoms with Crippen molar-refractivity contribution in [2.75, 3.05) is 5.73 Å². The van der Waals surface area contributed by atoms with Crippen LogP contribution in [0, 0.1) is 0 Å². The Kier molecular flexibility index (Phi) is 5.08. The summed E-state index contributed by atoms with van der Waals surface area (Å²) in [7, 11) is 0. The smallest absolute Gasteiger partial charge is 0.186 e. The average Bonchev–Trinajstić information content (AvgIpc) is 3.00. The van der Waals surface area contributed by atoms with E-state index in [1.807, 2.05) is 42.6 Å². The number of nitrogens with zero attached hydrogens (tertiary/aromatic N) is 4. The topological polar surface area (TPSA) is 101 Å². The summed E-state index contributed by atoms with van der Waals surface area (Å²) in [6.45, 7) is 0.530. The molecule has 0 amide bonds. The number of hydrogen-bond donors (Lipinski definition) is 1. The van der Waals surface area contributed by atoms with Gasteiger partial charge < -0.3 is 11.2 Å². The fourth-order valence-electron chi connectivity index (χ4n) is 2.61. The van der Waals surface area contributed by atoms with Crippen LogP contribution < -0.4 is 5.73 Å². The standard InChI is InChI=1S/C18H13Cl2N5.H2O/c19-13-6-3-5-11(8-13)17-22-16(21)14-10-25(24-18(14)23-17)9-12-4-1-2-7-15(12)20;/h1-8,10H,9H2,(H2,21,22,23,24);1H2. The van der Waals surface area contributed by atoms with Crippen LogP contribution in [-0.4, -0.2) is 25.2 Å². The molecule has 4 rings (SSSR count). The second kappa shape index (κ2) is 7.29. The molecule has 0 saturated carbocycles. The minimum atomic E-state index is 0.